The molecule has 0 radical (unpaired) electrons. The van der Waals surface area contributed by atoms with E-state index in [1.807, 2.05) is 18.2 Å². The summed E-state index contributed by atoms with van der Waals surface area (Å²) in [6, 6.07) is 6.10. The monoisotopic (exact) mass is 288 g/mol. The fraction of sp³-hybridized carbons (Fsp3) is 0.455. The molecule has 2 rings (SSSR count). The first-order chi connectivity index (χ1) is 7.22. The minimum absolute atomic E-state index is 0.241. The molecule has 1 aliphatic carbocycles. The molecule has 1 atom stereocenters. The zero-order chi connectivity index (χ0) is 10.8. The molecule has 1 aromatic rings. The third-order valence-electron chi connectivity index (χ3n) is 3.10. The first-order valence-corrected chi connectivity index (χ1v) is 6.30. The maximum atomic E-state index is 5.91. The van der Waals surface area contributed by atoms with E-state index in [-0.39, 0.29) is 6.04 Å². The lowest BCUT2D eigenvalue weighted by atomic mass is 9.77. The number of nitrogens with one attached hydrogen (secondary N) is 1. The van der Waals surface area contributed by atoms with Crippen molar-refractivity contribution in [1.82, 2.24) is 5.43 Å². The van der Waals surface area contributed by atoms with Gasteiger partial charge in [0, 0.05) is 15.5 Å². The summed E-state index contributed by atoms with van der Waals surface area (Å²) in [5.74, 6) is 6.28. The summed E-state index contributed by atoms with van der Waals surface area (Å²) in [4.78, 5) is 0. The smallest absolute Gasteiger partial charge is 0.0499 e. The van der Waals surface area contributed by atoms with Gasteiger partial charge in [0.25, 0.3) is 0 Å². The summed E-state index contributed by atoms with van der Waals surface area (Å²) >= 11 is 9.44. The Kier molecular flexibility index (Phi) is 3.67. The molecule has 82 valence electrons. The summed E-state index contributed by atoms with van der Waals surface area (Å²) in [7, 11) is 0. The summed E-state index contributed by atoms with van der Waals surface area (Å²) < 4.78 is 1.03. The van der Waals surface area contributed by atoms with Crippen molar-refractivity contribution in [3.05, 3.63) is 33.3 Å². The number of hydrazine groups is 1. The predicted octanol–water partition coefficient (Wildman–Crippen LogP) is 3.41. The number of hydrogen-bond donors (Lipinski definition) is 2. The normalized spacial score (nSPS) is 18.6. The molecule has 1 fully saturated rings. The van der Waals surface area contributed by atoms with Crippen molar-refractivity contribution in [2.24, 2.45) is 11.8 Å². The summed E-state index contributed by atoms with van der Waals surface area (Å²) in [6.07, 6.45) is 3.82. The van der Waals surface area contributed by atoms with Crippen molar-refractivity contribution in [2.45, 2.75) is 25.3 Å². The molecule has 0 bridgehead atoms. The van der Waals surface area contributed by atoms with Crippen molar-refractivity contribution in [1.29, 1.82) is 0 Å². The van der Waals surface area contributed by atoms with Gasteiger partial charge in [-0.2, -0.15) is 0 Å². The van der Waals surface area contributed by atoms with Gasteiger partial charge in [-0.25, -0.2) is 0 Å². The highest BCUT2D eigenvalue weighted by molar-refractivity contribution is 9.10. The van der Waals surface area contributed by atoms with Crippen molar-refractivity contribution in [3.8, 4) is 0 Å². The number of benzene rings is 1. The van der Waals surface area contributed by atoms with Crippen LogP contribution in [-0.2, 0) is 0 Å². The van der Waals surface area contributed by atoms with Gasteiger partial charge in [0.05, 0.1) is 0 Å². The van der Waals surface area contributed by atoms with Crippen molar-refractivity contribution in [2.75, 3.05) is 0 Å². The van der Waals surface area contributed by atoms with Gasteiger partial charge in [0.1, 0.15) is 0 Å². The largest absolute Gasteiger partial charge is 0.271 e. The Labute approximate surface area is 103 Å². The van der Waals surface area contributed by atoms with E-state index in [1.165, 1.54) is 24.8 Å². The SMILES string of the molecule is NNC(c1ccc(Cl)cc1Br)C1CCC1. The van der Waals surface area contributed by atoms with Crippen LogP contribution < -0.4 is 11.3 Å². The van der Waals surface area contributed by atoms with Crippen LogP contribution in [0.25, 0.3) is 0 Å². The molecule has 3 N–H and O–H groups in total. The Bertz CT molecular complexity index is 352. The minimum atomic E-state index is 0.241. The average molecular weight is 290 g/mol. The summed E-state index contributed by atoms with van der Waals surface area (Å²) in [6.45, 7) is 0. The molecular formula is C11H14BrClN2. The quantitative estimate of drug-likeness (QED) is 0.661. The lowest BCUT2D eigenvalue weighted by Gasteiger charge is -2.34. The van der Waals surface area contributed by atoms with Crippen LogP contribution in [0.2, 0.25) is 5.02 Å². The van der Waals surface area contributed by atoms with Gasteiger partial charge in [0.2, 0.25) is 0 Å². The molecule has 15 heavy (non-hydrogen) atoms. The van der Waals surface area contributed by atoms with Crippen molar-refractivity contribution in [3.63, 3.8) is 0 Å². The highest BCUT2D eigenvalue weighted by Crippen LogP contribution is 2.39. The van der Waals surface area contributed by atoms with Gasteiger partial charge >= 0.3 is 0 Å². The van der Waals surface area contributed by atoms with Gasteiger partial charge in [-0.1, -0.05) is 40.0 Å². The fourth-order valence-electron chi connectivity index (χ4n) is 2.01. The van der Waals surface area contributed by atoms with Crippen LogP contribution in [0.15, 0.2) is 22.7 Å². The molecule has 0 heterocycles. The lowest BCUT2D eigenvalue weighted by molar-refractivity contribution is 0.231. The molecule has 2 nitrogen and oxygen atoms in total. The predicted molar refractivity (Wildman–Crippen MR) is 66.6 cm³/mol. The van der Waals surface area contributed by atoms with E-state index in [1.54, 1.807) is 0 Å². The Hall–Kier alpha value is -0.0900. The first-order valence-electron chi connectivity index (χ1n) is 5.13. The van der Waals surface area contributed by atoms with Crippen LogP contribution >= 0.6 is 27.5 Å². The first kappa shape index (κ1) is 11.4. The molecule has 4 heteroatoms. The van der Waals surface area contributed by atoms with Crippen LogP contribution in [0.4, 0.5) is 0 Å². The third-order valence-corrected chi connectivity index (χ3v) is 4.02. The zero-order valence-corrected chi connectivity index (χ0v) is 10.7. The Morgan fingerprint density at radius 2 is 2.20 bits per heavy atom. The highest BCUT2D eigenvalue weighted by Gasteiger charge is 2.28. The standard InChI is InChI=1S/C11H14BrClN2/c12-10-6-8(13)4-5-9(10)11(15-14)7-2-1-3-7/h4-7,11,15H,1-3,14H2. The molecule has 0 amide bonds. The second-order valence-electron chi connectivity index (χ2n) is 4.00. The van der Waals surface area contributed by atoms with Crippen molar-refractivity contribution >= 4 is 27.5 Å². The number of nitrogens with two attached hydrogens (primary N) is 1. The van der Waals surface area contributed by atoms with E-state index >= 15 is 0 Å². The second-order valence-corrected chi connectivity index (χ2v) is 5.29. The number of hydrogen-bond acceptors (Lipinski definition) is 2. The topological polar surface area (TPSA) is 38.0 Å². The van der Waals surface area contributed by atoms with E-state index in [0.29, 0.717) is 5.92 Å². The van der Waals surface area contributed by atoms with Gasteiger partial charge in [0.15, 0.2) is 0 Å². The maximum Gasteiger partial charge on any atom is 0.0499 e. The van der Waals surface area contributed by atoms with Crippen molar-refractivity contribution < 1.29 is 0 Å². The molecule has 1 aliphatic rings. The zero-order valence-electron chi connectivity index (χ0n) is 8.34. The van der Waals surface area contributed by atoms with Crippen LogP contribution in [0, 0.1) is 5.92 Å². The molecular weight excluding hydrogens is 275 g/mol. The molecule has 0 spiro atoms. The van der Waals surface area contributed by atoms with E-state index < -0.39 is 0 Å². The number of halogens is 2. The molecule has 1 saturated carbocycles. The molecule has 0 aliphatic heterocycles. The van der Waals surface area contributed by atoms with Crippen LogP contribution in [0.1, 0.15) is 30.9 Å². The van der Waals surface area contributed by atoms with E-state index in [4.69, 9.17) is 17.4 Å². The van der Waals surface area contributed by atoms with Gasteiger partial charge in [-0.3, -0.25) is 11.3 Å². The van der Waals surface area contributed by atoms with E-state index in [9.17, 15) is 0 Å². The molecule has 1 unspecified atom stereocenters. The fourth-order valence-corrected chi connectivity index (χ4v) is 2.94. The molecule has 0 saturated heterocycles. The van der Waals surface area contributed by atoms with Gasteiger partial charge in [-0.15, -0.1) is 0 Å². The Morgan fingerprint density at radius 1 is 1.47 bits per heavy atom. The van der Waals surface area contributed by atoms with E-state index in [0.717, 1.165) is 9.50 Å². The second kappa shape index (κ2) is 4.83. The number of rotatable bonds is 3. The summed E-state index contributed by atoms with van der Waals surface area (Å²) in [5.41, 5.74) is 4.11. The van der Waals surface area contributed by atoms with Crippen LogP contribution in [-0.4, -0.2) is 0 Å². The lowest BCUT2D eigenvalue weighted by Crippen LogP contribution is -2.36. The van der Waals surface area contributed by atoms with E-state index in [2.05, 4.69) is 21.4 Å². The van der Waals surface area contributed by atoms with Crippen LogP contribution in [0.3, 0.4) is 0 Å². The Balaban J connectivity index is 2.25. The Morgan fingerprint density at radius 3 is 2.67 bits per heavy atom. The van der Waals surface area contributed by atoms with Gasteiger partial charge in [-0.05, 0) is 36.5 Å². The minimum Gasteiger partial charge on any atom is -0.271 e. The molecule has 0 aromatic heterocycles. The van der Waals surface area contributed by atoms with Gasteiger partial charge < -0.3 is 0 Å². The maximum absolute atomic E-state index is 5.91. The average Bonchev–Trinajstić information content (AvgIpc) is 2.12. The molecule has 1 aromatic carbocycles. The highest BCUT2D eigenvalue weighted by atomic mass is 79.9. The third kappa shape index (κ3) is 2.36. The summed E-state index contributed by atoms with van der Waals surface area (Å²) in [5, 5.41) is 0.745. The van der Waals surface area contributed by atoms with Crippen LogP contribution in [0.5, 0.6) is 0 Å².